The fourth-order valence-electron chi connectivity index (χ4n) is 4.23. The SMILES string of the molecule is CCc1nc(CN2CCC(CNC(=NC)NC3CCN(C(=O)C(C)C)C3)CC2)cs1. The number of hydrogen-bond donors (Lipinski definition) is 2. The van der Waals surface area contributed by atoms with E-state index in [0.717, 1.165) is 58.1 Å². The lowest BCUT2D eigenvalue weighted by Gasteiger charge is -2.32. The first-order valence-electron chi connectivity index (χ1n) is 11.4. The van der Waals surface area contributed by atoms with E-state index in [2.05, 4.69) is 32.8 Å². The number of aliphatic imine (C=N–C) groups is 1. The van der Waals surface area contributed by atoms with Crippen molar-refractivity contribution in [3.05, 3.63) is 16.1 Å². The zero-order valence-electron chi connectivity index (χ0n) is 19.0. The normalized spacial score (nSPS) is 21.4. The summed E-state index contributed by atoms with van der Waals surface area (Å²) in [5.74, 6) is 1.84. The molecule has 1 amide bonds. The number of likely N-dealkylation sites (tertiary alicyclic amines) is 2. The van der Waals surface area contributed by atoms with E-state index >= 15 is 0 Å². The molecular formula is C22H38N6OS. The van der Waals surface area contributed by atoms with Crippen LogP contribution < -0.4 is 10.6 Å². The summed E-state index contributed by atoms with van der Waals surface area (Å²) in [4.78, 5) is 25.8. The van der Waals surface area contributed by atoms with Gasteiger partial charge in [-0.25, -0.2) is 4.98 Å². The number of rotatable bonds is 7. The fraction of sp³-hybridized carbons (Fsp3) is 0.773. The van der Waals surface area contributed by atoms with E-state index < -0.39 is 0 Å². The second-order valence-electron chi connectivity index (χ2n) is 8.83. The molecule has 1 aromatic rings. The average Bonchev–Trinajstić information content (AvgIpc) is 3.40. The Morgan fingerprint density at radius 3 is 2.70 bits per heavy atom. The van der Waals surface area contributed by atoms with Gasteiger partial charge in [0.1, 0.15) is 0 Å². The Labute approximate surface area is 185 Å². The van der Waals surface area contributed by atoms with Crippen molar-refractivity contribution in [3.63, 3.8) is 0 Å². The molecule has 168 valence electrons. The first-order valence-corrected chi connectivity index (χ1v) is 12.3. The van der Waals surface area contributed by atoms with Gasteiger partial charge in [-0.3, -0.25) is 14.7 Å². The highest BCUT2D eigenvalue weighted by Crippen LogP contribution is 2.20. The van der Waals surface area contributed by atoms with Gasteiger partial charge in [0.05, 0.1) is 10.7 Å². The Morgan fingerprint density at radius 2 is 2.07 bits per heavy atom. The van der Waals surface area contributed by atoms with E-state index in [1.807, 2.05) is 25.8 Å². The number of hydrogen-bond acceptors (Lipinski definition) is 5. The van der Waals surface area contributed by atoms with E-state index in [-0.39, 0.29) is 17.9 Å². The molecule has 0 bridgehead atoms. The minimum atomic E-state index is 0.0660. The maximum absolute atomic E-state index is 12.2. The van der Waals surface area contributed by atoms with Crippen LogP contribution >= 0.6 is 11.3 Å². The van der Waals surface area contributed by atoms with Gasteiger partial charge in [0.15, 0.2) is 5.96 Å². The predicted molar refractivity (Wildman–Crippen MR) is 124 cm³/mol. The van der Waals surface area contributed by atoms with Crippen molar-refractivity contribution in [2.24, 2.45) is 16.8 Å². The average molecular weight is 435 g/mol. The number of aromatic nitrogens is 1. The van der Waals surface area contributed by atoms with Crippen LogP contribution in [0.2, 0.25) is 0 Å². The quantitative estimate of drug-likeness (QED) is 0.509. The lowest BCUT2D eigenvalue weighted by molar-refractivity contribution is -0.133. The van der Waals surface area contributed by atoms with Gasteiger partial charge in [-0.05, 0) is 44.7 Å². The third-order valence-corrected chi connectivity index (χ3v) is 7.15. The molecule has 0 aromatic carbocycles. The van der Waals surface area contributed by atoms with Crippen LogP contribution in [0.3, 0.4) is 0 Å². The molecule has 0 spiro atoms. The lowest BCUT2D eigenvalue weighted by atomic mass is 9.97. The number of thiazole rings is 1. The minimum absolute atomic E-state index is 0.0660. The van der Waals surface area contributed by atoms with Crippen molar-refractivity contribution in [1.29, 1.82) is 0 Å². The molecule has 1 aromatic heterocycles. The van der Waals surface area contributed by atoms with Crippen molar-refractivity contribution < 1.29 is 4.79 Å². The summed E-state index contributed by atoms with van der Waals surface area (Å²) in [5, 5.41) is 10.5. The molecule has 2 aliphatic heterocycles. The maximum Gasteiger partial charge on any atom is 0.225 e. The zero-order chi connectivity index (χ0) is 21.5. The van der Waals surface area contributed by atoms with Gasteiger partial charge < -0.3 is 15.5 Å². The number of nitrogens with zero attached hydrogens (tertiary/aromatic N) is 4. The Bertz CT molecular complexity index is 710. The largest absolute Gasteiger partial charge is 0.356 e. The van der Waals surface area contributed by atoms with Crippen molar-refractivity contribution in [3.8, 4) is 0 Å². The molecule has 0 saturated carbocycles. The smallest absolute Gasteiger partial charge is 0.225 e. The van der Waals surface area contributed by atoms with Crippen LogP contribution in [-0.2, 0) is 17.8 Å². The van der Waals surface area contributed by atoms with Gasteiger partial charge >= 0.3 is 0 Å². The van der Waals surface area contributed by atoms with Gasteiger partial charge in [-0.15, -0.1) is 11.3 Å². The second kappa shape index (κ2) is 11.1. The van der Waals surface area contributed by atoms with Crippen LogP contribution in [0, 0.1) is 11.8 Å². The maximum atomic E-state index is 12.2. The van der Waals surface area contributed by atoms with E-state index in [1.165, 1.54) is 23.5 Å². The van der Waals surface area contributed by atoms with Gasteiger partial charge in [0, 0.05) is 50.6 Å². The highest BCUT2D eigenvalue weighted by Gasteiger charge is 2.28. The monoisotopic (exact) mass is 434 g/mol. The van der Waals surface area contributed by atoms with Crippen LogP contribution in [-0.4, -0.2) is 72.5 Å². The molecule has 1 atom stereocenters. The molecular weight excluding hydrogens is 396 g/mol. The number of carbonyl (C=O) groups excluding carboxylic acids is 1. The molecule has 0 radical (unpaired) electrons. The first kappa shape index (κ1) is 23.0. The van der Waals surface area contributed by atoms with E-state index in [1.54, 1.807) is 11.3 Å². The number of carbonyl (C=O) groups is 1. The molecule has 3 rings (SSSR count). The van der Waals surface area contributed by atoms with E-state index in [9.17, 15) is 4.79 Å². The van der Waals surface area contributed by atoms with E-state index in [0.29, 0.717) is 5.92 Å². The number of aryl methyl sites for hydroxylation is 1. The molecule has 30 heavy (non-hydrogen) atoms. The predicted octanol–water partition coefficient (Wildman–Crippen LogP) is 2.34. The minimum Gasteiger partial charge on any atom is -0.356 e. The Kier molecular flexibility index (Phi) is 8.50. The summed E-state index contributed by atoms with van der Waals surface area (Å²) in [7, 11) is 1.82. The fourth-order valence-corrected chi connectivity index (χ4v) is 4.97. The third-order valence-electron chi connectivity index (χ3n) is 6.11. The van der Waals surface area contributed by atoms with Crippen LogP contribution in [0.1, 0.15) is 50.7 Å². The van der Waals surface area contributed by atoms with Crippen molar-refractivity contribution in [2.45, 2.75) is 59.0 Å². The molecule has 3 heterocycles. The standard InChI is InChI=1S/C22H38N6OS/c1-5-20-25-19(15-30-20)13-27-9-6-17(7-10-27)12-24-22(23-4)26-18-8-11-28(14-18)21(29)16(2)3/h15-18H,5-14H2,1-4H3,(H2,23,24,26). The van der Waals surface area contributed by atoms with Crippen molar-refractivity contribution in [2.75, 3.05) is 39.8 Å². The molecule has 7 nitrogen and oxygen atoms in total. The van der Waals surface area contributed by atoms with Gasteiger partial charge in [0.2, 0.25) is 5.91 Å². The zero-order valence-corrected chi connectivity index (χ0v) is 19.8. The highest BCUT2D eigenvalue weighted by molar-refractivity contribution is 7.09. The lowest BCUT2D eigenvalue weighted by Crippen LogP contribution is -2.47. The molecule has 2 N–H and O–H groups in total. The van der Waals surface area contributed by atoms with E-state index in [4.69, 9.17) is 4.98 Å². The molecule has 2 saturated heterocycles. The van der Waals surface area contributed by atoms with Crippen molar-refractivity contribution in [1.82, 2.24) is 25.4 Å². The van der Waals surface area contributed by atoms with Crippen LogP contribution in [0.4, 0.5) is 0 Å². The number of amides is 1. The summed E-state index contributed by atoms with van der Waals surface area (Å²) >= 11 is 1.78. The Morgan fingerprint density at radius 1 is 1.30 bits per heavy atom. The number of nitrogens with one attached hydrogen (secondary N) is 2. The molecule has 1 unspecified atom stereocenters. The van der Waals surface area contributed by atoms with Gasteiger partial charge in [0.25, 0.3) is 0 Å². The van der Waals surface area contributed by atoms with Crippen molar-refractivity contribution >= 4 is 23.2 Å². The number of piperidine rings is 1. The molecule has 2 fully saturated rings. The number of guanidine groups is 1. The summed E-state index contributed by atoms with van der Waals surface area (Å²) < 4.78 is 0. The van der Waals surface area contributed by atoms with Gasteiger partial charge in [-0.2, -0.15) is 0 Å². The Balaban J connectivity index is 1.35. The topological polar surface area (TPSA) is 72.9 Å². The summed E-state index contributed by atoms with van der Waals surface area (Å²) in [6.45, 7) is 11.9. The molecule has 0 aliphatic carbocycles. The van der Waals surface area contributed by atoms with Crippen LogP contribution in [0.5, 0.6) is 0 Å². The summed E-state index contributed by atoms with van der Waals surface area (Å²) in [5.41, 5.74) is 1.22. The van der Waals surface area contributed by atoms with Crippen LogP contribution in [0.25, 0.3) is 0 Å². The highest BCUT2D eigenvalue weighted by atomic mass is 32.1. The third kappa shape index (κ3) is 6.41. The molecule has 2 aliphatic rings. The van der Waals surface area contributed by atoms with Crippen LogP contribution in [0.15, 0.2) is 10.4 Å². The molecule has 8 heteroatoms. The second-order valence-corrected chi connectivity index (χ2v) is 9.77. The summed E-state index contributed by atoms with van der Waals surface area (Å²) in [6.07, 6.45) is 4.42. The van der Waals surface area contributed by atoms with Gasteiger partial charge in [-0.1, -0.05) is 20.8 Å². The summed E-state index contributed by atoms with van der Waals surface area (Å²) in [6, 6.07) is 0.284. The Hall–Kier alpha value is -1.67. The first-order chi connectivity index (χ1) is 14.5.